The Bertz CT molecular complexity index is 423. The van der Waals surface area contributed by atoms with E-state index in [0.717, 1.165) is 18.5 Å². The summed E-state index contributed by atoms with van der Waals surface area (Å²) in [5.41, 5.74) is 0.748. The van der Waals surface area contributed by atoms with Gasteiger partial charge in [0.1, 0.15) is 11.5 Å². The summed E-state index contributed by atoms with van der Waals surface area (Å²) < 4.78 is 11.2. The van der Waals surface area contributed by atoms with E-state index in [1.54, 1.807) is 18.4 Å². The Morgan fingerprint density at radius 2 is 2.00 bits per heavy atom. The van der Waals surface area contributed by atoms with Crippen LogP contribution < -0.4 is 5.32 Å². The first-order valence-corrected chi connectivity index (χ1v) is 7.61. The molecule has 0 aliphatic carbocycles. The molecule has 5 heteroatoms. The molecule has 0 aliphatic rings. The van der Waals surface area contributed by atoms with E-state index in [4.69, 9.17) is 0 Å². The molecule has 0 aliphatic heterocycles. The van der Waals surface area contributed by atoms with Gasteiger partial charge in [-0.25, -0.2) is 0 Å². The first-order chi connectivity index (χ1) is 8.41. The molecule has 0 radical (unpaired) electrons. The lowest BCUT2D eigenvalue weighted by molar-refractivity contribution is 0.435. The van der Waals surface area contributed by atoms with Gasteiger partial charge in [-0.3, -0.25) is 4.21 Å². The molecule has 4 nitrogen and oxygen atoms in total. The van der Waals surface area contributed by atoms with E-state index >= 15 is 0 Å². The van der Waals surface area contributed by atoms with Crippen molar-refractivity contribution in [3.05, 3.63) is 23.8 Å². The average Bonchev–Trinajstić information content (AvgIpc) is 2.28. The van der Waals surface area contributed by atoms with Crippen molar-refractivity contribution in [2.45, 2.75) is 31.6 Å². The van der Waals surface area contributed by atoms with Crippen LogP contribution in [0.4, 0.5) is 0 Å². The van der Waals surface area contributed by atoms with Gasteiger partial charge in [0.2, 0.25) is 0 Å². The molecule has 102 valence electrons. The molecule has 1 aromatic carbocycles. The summed E-state index contributed by atoms with van der Waals surface area (Å²) in [5, 5.41) is 22.4. The van der Waals surface area contributed by atoms with Crippen molar-refractivity contribution in [3.63, 3.8) is 0 Å². The topological polar surface area (TPSA) is 69.6 Å². The van der Waals surface area contributed by atoms with Crippen LogP contribution in [-0.4, -0.2) is 32.5 Å². The van der Waals surface area contributed by atoms with Crippen LogP contribution >= 0.6 is 0 Å². The Kier molecular flexibility index (Phi) is 5.62. The summed E-state index contributed by atoms with van der Waals surface area (Å²) in [6.45, 7) is 4.64. The third-order valence-corrected chi connectivity index (χ3v) is 4.42. The molecule has 18 heavy (non-hydrogen) atoms. The molecule has 0 heterocycles. The summed E-state index contributed by atoms with van der Waals surface area (Å²) in [4.78, 5) is 0. The van der Waals surface area contributed by atoms with Crippen molar-refractivity contribution in [1.29, 1.82) is 0 Å². The second-order valence-corrected chi connectivity index (χ2v) is 6.32. The first kappa shape index (κ1) is 15.0. The number of hydrogen-bond acceptors (Lipinski definition) is 4. The molecule has 0 saturated carbocycles. The zero-order chi connectivity index (χ0) is 13.7. The summed E-state index contributed by atoms with van der Waals surface area (Å²) in [6.07, 6.45) is 2.53. The lowest BCUT2D eigenvalue weighted by atomic mass is 10.1. The van der Waals surface area contributed by atoms with Gasteiger partial charge in [-0.1, -0.05) is 13.0 Å². The SMILES string of the molecule is CC(NCCC(C)S(C)=O)c1ccc(O)cc1O. The Balaban J connectivity index is 2.50. The van der Waals surface area contributed by atoms with Crippen LogP contribution in [0, 0.1) is 0 Å². The van der Waals surface area contributed by atoms with E-state index in [2.05, 4.69) is 5.32 Å². The van der Waals surface area contributed by atoms with E-state index in [1.165, 1.54) is 6.07 Å². The van der Waals surface area contributed by atoms with E-state index in [9.17, 15) is 14.4 Å². The molecule has 0 saturated heterocycles. The number of aromatic hydroxyl groups is 2. The van der Waals surface area contributed by atoms with Gasteiger partial charge in [0.25, 0.3) is 0 Å². The second-order valence-electron chi connectivity index (χ2n) is 4.52. The molecule has 3 N–H and O–H groups in total. The highest BCUT2D eigenvalue weighted by molar-refractivity contribution is 7.84. The van der Waals surface area contributed by atoms with Crippen LogP contribution in [0.15, 0.2) is 18.2 Å². The average molecular weight is 271 g/mol. The van der Waals surface area contributed by atoms with Crippen molar-refractivity contribution in [2.75, 3.05) is 12.8 Å². The molecule has 3 unspecified atom stereocenters. The predicted octanol–water partition coefficient (Wildman–Crippen LogP) is 1.91. The molecule has 1 aromatic rings. The minimum absolute atomic E-state index is 0.0110. The van der Waals surface area contributed by atoms with Crippen LogP contribution in [0.25, 0.3) is 0 Å². The number of phenolic OH excluding ortho intramolecular Hbond substituents is 2. The summed E-state index contributed by atoms with van der Waals surface area (Å²) in [5.74, 6) is 0.139. The van der Waals surface area contributed by atoms with Gasteiger partial charge in [0.15, 0.2) is 0 Å². The fraction of sp³-hybridized carbons (Fsp3) is 0.538. The summed E-state index contributed by atoms with van der Waals surface area (Å²) in [6, 6.07) is 4.57. The summed E-state index contributed by atoms with van der Waals surface area (Å²) >= 11 is 0. The number of phenols is 2. The lowest BCUT2D eigenvalue weighted by Crippen LogP contribution is -2.24. The predicted molar refractivity (Wildman–Crippen MR) is 74.3 cm³/mol. The maximum atomic E-state index is 11.2. The Labute approximate surface area is 110 Å². The van der Waals surface area contributed by atoms with Crippen molar-refractivity contribution in [3.8, 4) is 11.5 Å². The van der Waals surface area contributed by atoms with E-state index in [0.29, 0.717) is 0 Å². The molecule has 0 bridgehead atoms. The highest BCUT2D eigenvalue weighted by Crippen LogP contribution is 2.27. The first-order valence-electron chi connectivity index (χ1n) is 5.99. The third-order valence-electron chi connectivity index (χ3n) is 3.05. The van der Waals surface area contributed by atoms with Crippen LogP contribution in [-0.2, 0) is 10.8 Å². The molecule has 0 fully saturated rings. The van der Waals surface area contributed by atoms with Gasteiger partial charge in [-0.15, -0.1) is 0 Å². The third kappa shape index (κ3) is 4.31. The standard InChI is InChI=1S/C13H21NO3S/c1-9(18(3)17)6-7-14-10(2)12-5-4-11(15)8-13(12)16/h4-5,8-10,14-16H,6-7H2,1-3H3. The van der Waals surface area contributed by atoms with Gasteiger partial charge in [-0.05, 0) is 26.0 Å². The number of nitrogens with one attached hydrogen (secondary N) is 1. The fourth-order valence-corrected chi connectivity index (χ4v) is 2.13. The Hall–Kier alpha value is -1.07. The van der Waals surface area contributed by atoms with Crippen LogP contribution in [0.5, 0.6) is 11.5 Å². The number of rotatable bonds is 6. The highest BCUT2D eigenvalue weighted by Gasteiger charge is 2.11. The van der Waals surface area contributed by atoms with Crippen LogP contribution in [0.3, 0.4) is 0 Å². The molecule has 1 rings (SSSR count). The second kappa shape index (κ2) is 6.75. The van der Waals surface area contributed by atoms with Crippen molar-refractivity contribution >= 4 is 10.8 Å². The minimum Gasteiger partial charge on any atom is -0.508 e. The van der Waals surface area contributed by atoms with E-state index < -0.39 is 10.8 Å². The normalized spacial score (nSPS) is 16.2. The summed E-state index contributed by atoms with van der Waals surface area (Å²) in [7, 11) is -0.799. The quantitative estimate of drug-likeness (QED) is 0.739. The Morgan fingerprint density at radius 1 is 1.33 bits per heavy atom. The lowest BCUT2D eigenvalue weighted by Gasteiger charge is -2.17. The van der Waals surface area contributed by atoms with Gasteiger partial charge >= 0.3 is 0 Å². The maximum absolute atomic E-state index is 11.2. The van der Waals surface area contributed by atoms with Crippen molar-refractivity contribution in [1.82, 2.24) is 5.32 Å². The number of benzene rings is 1. The minimum atomic E-state index is -0.799. The molecule has 0 spiro atoms. The monoisotopic (exact) mass is 271 g/mol. The van der Waals surface area contributed by atoms with E-state index in [-0.39, 0.29) is 22.8 Å². The molecule has 3 atom stereocenters. The Morgan fingerprint density at radius 3 is 2.56 bits per heavy atom. The molecular weight excluding hydrogens is 250 g/mol. The van der Waals surface area contributed by atoms with Crippen molar-refractivity contribution < 1.29 is 14.4 Å². The fourth-order valence-electron chi connectivity index (χ4n) is 1.68. The van der Waals surface area contributed by atoms with Crippen LogP contribution in [0.2, 0.25) is 0 Å². The van der Waals surface area contributed by atoms with Gasteiger partial charge in [0.05, 0.1) is 0 Å². The molecule has 0 aromatic heterocycles. The maximum Gasteiger partial charge on any atom is 0.124 e. The van der Waals surface area contributed by atoms with Gasteiger partial charge in [0, 0.05) is 40.0 Å². The number of hydrogen-bond donors (Lipinski definition) is 3. The highest BCUT2D eigenvalue weighted by atomic mass is 32.2. The van der Waals surface area contributed by atoms with E-state index in [1.807, 2.05) is 13.8 Å². The molecular formula is C13H21NO3S. The smallest absolute Gasteiger partial charge is 0.124 e. The van der Waals surface area contributed by atoms with Crippen LogP contribution in [0.1, 0.15) is 31.9 Å². The van der Waals surface area contributed by atoms with Gasteiger partial charge < -0.3 is 15.5 Å². The van der Waals surface area contributed by atoms with Crippen molar-refractivity contribution in [2.24, 2.45) is 0 Å². The largest absolute Gasteiger partial charge is 0.508 e. The molecule has 0 amide bonds. The zero-order valence-electron chi connectivity index (χ0n) is 11.0. The zero-order valence-corrected chi connectivity index (χ0v) is 11.8. The van der Waals surface area contributed by atoms with Gasteiger partial charge in [-0.2, -0.15) is 0 Å².